The van der Waals surface area contributed by atoms with Crippen LogP contribution in [0.1, 0.15) is 18.2 Å². The standard InChI is InChI=1S/C13H12Cl2N2O/c1-2-11-3-9(6-14)4-13(17-11)18-12-5-10(15)7-16-8-12/h3-5,7-8H,2,6H2,1H3. The lowest BCUT2D eigenvalue weighted by Crippen LogP contribution is -1.95. The van der Waals surface area contributed by atoms with Crippen molar-refractivity contribution < 1.29 is 4.74 Å². The molecule has 0 spiro atoms. The molecule has 0 bridgehead atoms. The second-order valence-electron chi connectivity index (χ2n) is 3.73. The van der Waals surface area contributed by atoms with Crippen molar-refractivity contribution in [2.24, 2.45) is 0 Å². The largest absolute Gasteiger partial charge is 0.437 e. The van der Waals surface area contributed by atoms with Crippen LogP contribution >= 0.6 is 23.2 Å². The van der Waals surface area contributed by atoms with E-state index in [4.69, 9.17) is 27.9 Å². The zero-order valence-electron chi connectivity index (χ0n) is 9.86. The molecule has 3 nitrogen and oxygen atoms in total. The van der Waals surface area contributed by atoms with Gasteiger partial charge in [-0.05, 0) is 18.1 Å². The van der Waals surface area contributed by atoms with Crippen molar-refractivity contribution in [3.05, 3.63) is 46.9 Å². The Morgan fingerprint density at radius 3 is 2.72 bits per heavy atom. The first-order valence-corrected chi connectivity index (χ1v) is 6.46. The van der Waals surface area contributed by atoms with E-state index in [2.05, 4.69) is 9.97 Å². The molecule has 0 aromatic carbocycles. The van der Waals surface area contributed by atoms with E-state index in [0.29, 0.717) is 22.5 Å². The molecule has 2 rings (SSSR count). The Morgan fingerprint density at radius 1 is 1.22 bits per heavy atom. The Balaban J connectivity index is 2.28. The molecule has 2 aromatic rings. The van der Waals surface area contributed by atoms with E-state index in [1.807, 2.05) is 19.1 Å². The van der Waals surface area contributed by atoms with Gasteiger partial charge in [0.2, 0.25) is 5.88 Å². The van der Waals surface area contributed by atoms with Crippen LogP contribution in [0.5, 0.6) is 11.6 Å². The number of aromatic nitrogens is 2. The van der Waals surface area contributed by atoms with Crippen LogP contribution in [0.2, 0.25) is 5.02 Å². The Bertz CT molecular complexity index is 524. The third kappa shape index (κ3) is 3.34. The van der Waals surface area contributed by atoms with Gasteiger partial charge in [-0.3, -0.25) is 4.98 Å². The average molecular weight is 283 g/mol. The quantitative estimate of drug-likeness (QED) is 0.788. The van der Waals surface area contributed by atoms with Gasteiger partial charge in [0.1, 0.15) is 5.75 Å². The molecular weight excluding hydrogens is 271 g/mol. The summed E-state index contributed by atoms with van der Waals surface area (Å²) in [7, 11) is 0. The number of rotatable bonds is 4. The maximum Gasteiger partial charge on any atom is 0.219 e. The van der Waals surface area contributed by atoms with Crippen molar-refractivity contribution in [2.75, 3.05) is 0 Å². The summed E-state index contributed by atoms with van der Waals surface area (Å²) in [6.45, 7) is 2.03. The van der Waals surface area contributed by atoms with Crippen molar-refractivity contribution in [1.29, 1.82) is 0 Å². The SMILES string of the molecule is CCc1cc(CCl)cc(Oc2cncc(Cl)c2)n1. The highest BCUT2D eigenvalue weighted by Crippen LogP contribution is 2.23. The van der Waals surface area contributed by atoms with E-state index in [0.717, 1.165) is 17.7 Å². The van der Waals surface area contributed by atoms with Gasteiger partial charge in [-0.15, -0.1) is 11.6 Å². The molecule has 0 aliphatic heterocycles. The number of halogens is 2. The Hall–Kier alpha value is -1.32. The van der Waals surface area contributed by atoms with Gasteiger partial charge in [-0.2, -0.15) is 0 Å². The van der Waals surface area contributed by atoms with Crippen LogP contribution in [-0.2, 0) is 12.3 Å². The molecule has 94 valence electrons. The van der Waals surface area contributed by atoms with Crippen LogP contribution < -0.4 is 4.74 Å². The van der Waals surface area contributed by atoms with Gasteiger partial charge in [0.25, 0.3) is 0 Å². The van der Waals surface area contributed by atoms with Gasteiger partial charge >= 0.3 is 0 Å². The zero-order valence-corrected chi connectivity index (χ0v) is 11.4. The van der Waals surface area contributed by atoms with E-state index in [-0.39, 0.29) is 0 Å². The van der Waals surface area contributed by atoms with Crippen LogP contribution in [0.25, 0.3) is 0 Å². The molecule has 2 aromatic heterocycles. The molecular formula is C13H12Cl2N2O. The van der Waals surface area contributed by atoms with E-state index in [1.165, 1.54) is 0 Å². The number of hydrogen-bond acceptors (Lipinski definition) is 3. The molecule has 5 heteroatoms. The lowest BCUT2D eigenvalue weighted by molar-refractivity contribution is 0.458. The fraction of sp³-hybridized carbons (Fsp3) is 0.231. The number of nitrogens with zero attached hydrogens (tertiary/aromatic N) is 2. The number of pyridine rings is 2. The van der Waals surface area contributed by atoms with E-state index in [1.54, 1.807) is 18.5 Å². The number of aryl methyl sites for hydroxylation is 1. The number of alkyl halides is 1. The van der Waals surface area contributed by atoms with Gasteiger partial charge in [0, 0.05) is 29.9 Å². The first-order chi connectivity index (χ1) is 8.71. The van der Waals surface area contributed by atoms with Crippen LogP contribution in [0.4, 0.5) is 0 Å². The molecule has 0 amide bonds. The zero-order chi connectivity index (χ0) is 13.0. The van der Waals surface area contributed by atoms with Gasteiger partial charge < -0.3 is 4.74 Å². The minimum atomic E-state index is 0.430. The van der Waals surface area contributed by atoms with Crippen LogP contribution in [0.3, 0.4) is 0 Å². The number of hydrogen-bond donors (Lipinski definition) is 0. The molecule has 0 aliphatic carbocycles. The predicted octanol–water partition coefficient (Wildman–Crippen LogP) is 4.22. The van der Waals surface area contributed by atoms with Crippen molar-refractivity contribution in [3.8, 4) is 11.6 Å². The summed E-state index contributed by atoms with van der Waals surface area (Å²) < 4.78 is 5.63. The number of ether oxygens (including phenoxy) is 1. The Kier molecular flexibility index (Phi) is 4.39. The molecule has 0 saturated carbocycles. The van der Waals surface area contributed by atoms with Crippen molar-refractivity contribution in [3.63, 3.8) is 0 Å². The maximum absolute atomic E-state index is 5.84. The lowest BCUT2D eigenvalue weighted by Gasteiger charge is -2.08. The topological polar surface area (TPSA) is 35.0 Å². The van der Waals surface area contributed by atoms with Crippen molar-refractivity contribution >= 4 is 23.2 Å². The molecule has 0 N–H and O–H groups in total. The van der Waals surface area contributed by atoms with Gasteiger partial charge in [0.15, 0.2) is 0 Å². The summed E-state index contributed by atoms with van der Waals surface area (Å²) >= 11 is 11.7. The smallest absolute Gasteiger partial charge is 0.219 e. The molecule has 0 saturated heterocycles. The Morgan fingerprint density at radius 2 is 2.06 bits per heavy atom. The summed E-state index contributed by atoms with van der Waals surface area (Å²) in [5, 5.41) is 0.525. The Labute approximate surface area is 116 Å². The fourth-order valence-corrected chi connectivity index (χ4v) is 1.82. The van der Waals surface area contributed by atoms with Crippen molar-refractivity contribution in [1.82, 2.24) is 9.97 Å². The summed E-state index contributed by atoms with van der Waals surface area (Å²) in [6, 6.07) is 5.47. The first kappa shape index (κ1) is 13.1. The molecule has 0 radical (unpaired) electrons. The van der Waals surface area contributed by atoms with E-state index in [9.17, 15) is 0 Å². The minimum absolute atomic E-state index is 0.430. The highest BCUT2D eigenvalue weighted by atomic mass is 35.5. The maximum atomic E-state index is 5.84. The lowest BCUT2D eigenvalue weighted by atomic mass is 10.2. The monoisotopic (exact) mass is 282 g/mol. The van der Waals surface area contributed by atoms with Crippen molar-refractivity contribution in [2.45, 2.75) is 19.2 Å². The molecule has 0 atom stereocenters. The summed E-state index contributed by atoms with van der Waals surface area (Å²) in [6.07, 6.45) is 3.97. The third-order valence-electron chi connectivity index (χ3n) is 2.33. The summed E-state index contributed by atoms with van der Waals surface area (Å²) in [4.78, 5) is 8.33. The average Bonchev–Trinajstić information content (AvgIpc) is 2.38. The molecule has 0 aliphatic rings. The van der Waals surface area contributed by atoms with Gasteiger partial charge in [-0.25, -0.2) is 4.98 Å². The normalized spacial score (nSPS) is 10.4. The molecule has 0 fully saturated rings. The van der Waals surface area contributed by atoms with Gasteiger partial charge in [0.05, 0.1) is 11.2 Å². The molecule has 0 unspecified atom stereocenters. The minimum Gasteiger partial charge on any atom is -0.437 e. The summed E-state index contributed by atoms with van der Waals surface area (Å²) in [5.74, 6) is 1.50. The van der Waals surface area contributed by atoms with Crippen LogP contribution in [-0.4, -0.2) is 9.97 Å². The van der Waals surface area contributed by atoms with E-state index >= 15 is 0 Å². The molecule has 18 heavy (non-hydrogen) atoms. The highest BCUT2D eigenvalue weighted by molar-refractivity contribution is 6.30. The third-order valence-corrected chi connectivity index (χ3v) is 2.85. The first-order valence-electron chi connectivity index (χ1n) is 5.55. The fourth-order valence-electron chi connectivity index (χ4n) is 1.50. The predicted molar refractivity (Wildman–Crippen MR) is 72.5 cm³/mol. The second kappa shape index (κ2) is 6.03. The molecule has 2 heterocycles. The van der Waals surface area contributed by atoms with Gasteiger partial charge in [-0.1, -0.05) is 18.5 Å². The second-order valence-corrected chi connectivity index (χ2v) is 4.44. The van der Waals surface area contributed by atoms with Crippen LogP contribution in [0.15, 0.2) is 30.6 Å². The summed E-state index contributed by atoms with van der Waals surface area (Å²) in [5.41, 5.74) is 1.92. The van der Waals surface area contributed by atoms with E-state index < -0.39 is 0 Å². The van der Waals surface area contributed by atoms with Crippen LogP contribution in [0, 0.1) is 0 Å². The highest BCUT2D eigenvalue weighted by Gasteiger charge is 2.04.